The number of hydrogen-bond donors (Lipinski definition) is 0. The second kappa shape index (κ2) is 4.91. The fourth-order valence-corrected chi connectivity index (χ4v) is 3.29. The van der Waals surface area contributed by atoms with E-state index in [4.69, 9.17) is 4.74 Å². The van der Waals surface area contributed by atoms with Gasteiger partial charge in [-0.05, 0) is 12.1 Å². The molecule has 0 atom stereocenters. The number of nitrogens with zero attached hydrogens (tertiary/aromatic N) is 2. The summed E-state index contributed by atoms with van der Waals surface area (Å²) in [5.41, 5.74) is 1.97. The van der Waals surface area contributed by atoms with Crippen molar-refractivity contribution in [2.75, 3.05) is 13.7 Å². The maximum atomic E-state index is 5.09. The summed E-state index contributed by atoms with van der Waals surface area (Å²) in [5.74, 6) is 0. The highest BCUT2D eigenvalue weighted by atomic mass is 79.9. The number of methoxy groups -OCH3 is 1. The fourth-order valence-electron chi connectivity index (χ4n) is 1.89. The Labute approximate surface area is 117 Å². The zero-order chi connectivity index (χ0) is 12.5. The van der Waals surface area contributed by atoms with Crippen molar-refractivity contribution in [1.29, 1.82) is 0 Å². The number of halogens is 1. The normalized spacial score (nSPS) is 11.4. The third-order valence-corrected chi connectivity index (χ3v) is 4.41. The predicted molar refractivity (Wildman–Crippen MR) is 78.2 cm³/mol. The molecular weight excluding hydrogens is 312 g/mol. The van der Waals surface area contributed by atoms with Crippen LogP contribution in [0.25, 0.3) is 21.1 Å². The van der Waals surface area contributed by atoms with E-state index in [0.717, 1.165) is 32.3 Å². The lowest BCUT2D eigenvalue weighted by Gasteiger charge is -1.97. The first-order valence-corrected chi connectivity index (χ1v) is 7.21. The molecule has 0 radical (unpaired) electrons. The number of ether oxygens (including phenoxy) is 1. The lowest BCUT2D eigenvalue weighted by atomic mass is 10.2. The first-order valence-electron chi connectivity index (χ1n) is 5.60. The van der Waals surface area contributed by atoms with Crippen LogP contribution in [0.4, 0.5) is 0 Å². The van der Waals surface area contributed by atoms with Crippen LogP contribution < -0.4 is 0 Å². The van der Waals surface area contributed by atoms with E-state index in [2.05, 4.69) is 32.0 Å². The summed E-state index contributed by atoms with van der Waals surface area (Å²) >= 11 is 5.19. The van der Waals surface area contributed by atoms with Crippen molar-refractivity contribution in [2.45, 2.75) is 6.42 Å². The van der Waals surface area contributed by atoms with Crippen molar-refractivity contribution in [3.8, 4) is 0 Å². The Kier molecular flexibility index (Phi) is 3.28. The highest BCUT2D eigenvalue weighted by Crippen LogP contribution is 2.30. The first kappa shape index (κ1) is 12.0. The third-order valence-electron chi connectivity index (χ3n) is 2.75. The summed E-state index contributed by atoms with van der Waals surface area (Å²) in [6.45, 7) is 0.705. The number of benzene rings is 1. The largest absolute Gasteiger partial charge is 0.384 e. The highest BCUT2D eigenvalue weighted by Gasteiger charge is 2.08. The highest BCUT2D eigenvalue weighted by molar-refractivity contribution is 9.10. The van der Waals surface area contributed by atoms with Gasteiger partial charge < -0.3 is 4.74 Å². The molecule has 5 heteroatoms. The summed E-state index contributed by atoms with van der Waals surface area (Å²) in [5, 5.41) is 2.26. The molecular formula is C13H11BrN2OS. The van der Waals surface area contributed by atoms with E-state index in [1.54, 1.807) is 18.4 Å². The van der Waals surface area contributed by atoms with Gasteiger partial charge in [0.2, 0.25) is 0 Å². The van der Waals surface area contributed by atoms with Crippen LogP contribution in [-0.4, -0.2) is 23.7 Å². The zero-order valence-corrected chi connectivity index (χ0v) is 12.2. The summed E-state index contributed by atoms with van der Waals surface area (Å²) in [4.78, 5) is 9.03. The number of hydrogen-bond acceptors (Lipinski definition) is 4. The molecule has 3 rings (SSSR count). The maximum Gasteiger partial charge on any atom is 0.100 e. The van der Waals surface area contributed by atoms with Crippen LogP contribution in [0.2, 0.25) is 0 Å². The average Bonchev–Trinajstić information content (AvgIpc) is 2.79. The third kappa shape index (κ3) is 2.13. The molecule has 92 valence electrons. The minimum absolute atomic E-state index is 0.705. The van der Waals surface area contributed by atoms with E-state index < -0.39 is 0 Å². The number of aromatic nitrogens is 2. The Morgan fingerprint density at radius 2 is 2.22 bits per heavy atom. The van der Waals surface area contributed by atoms with E-state index in [1.165, 1.54) is 4.70 Å². The second-order valence-corrected chi connectivity index (χ2v) is 5.98. The van der Waals surface area contributed by atoms with Gasteiger partial charge in [-0.25, -0.2) is 4.98 Å². The molecule has 0 unspecified atom stereocenters. The molecule has 1 aromatic carbocycles. The van der Waals surface area contributed by atoms with Gasteiger partial charge in [-0.3, -0.25) is 4.98 Å². The van der Waals surface area contributed by atoms with Crippen LogP contribution in [0.3, 0.4) is 0 Å². The lowest BCUT2D eigenvalue weighted by Crippen LogP contribution is -1.92. The van der Waals surface area contributed by atoms with Crippen LogP contribution in [0, 0.1) is 0 Å². The van der Waals surface area contributed by atoms with E-state index in [-0.39, 0.29) is 0 Å². The SMILES string of the molecule is COCCc1nc2cnc3cc(Br)ccc3c2s1. The van der Waals surface area contributed by atoms with Gasteiger partial charge in [-0.1, -0.05) is 22.0 Å². The molecule has 0 aliphatic heterocycles. The minimum atomic E-state index is 0.705. The van der Waals surface area contributed by atoms with Crippen LogP contribution in [0.15, 0.2) is 28.9 Å². The van der Waals surface area contributed by atoms with E-state index >= 15 is 0 Å². The molecule has 0 bridgehead atoms. The van der Waals surface area contributed by atoms with E-state index in [0.29, 0.717) is 6.61 Å². The molecule has 0 saturated carbocycles. The molecule has 3 nitrogen and oxygen atoms in total. The van der Waals surface area contributed by atoms with Crippen LogP contribution in [0.5, 0.6) is 0 Å². The molecule has 0 aliphatic rings. The molecule has 0 spiro atoms. The minimum Gasteiger partial charge on any atom is -0.384 e. The van der Waals surface area contributed by atoms with Crippen molar-refractivity contribution >= 4 is 48.4 Å². The molecule has 0 aliphatic carbocycles. The van der Waals surface area contributed by atoms with Gasteiger partial charge in [0.25, 0.3) is 0 Å². The molecule has 2 heterocycles. The monoisotopic (exact) mass is 322 g/mol. The Morgan fingerprint density at radius 3 is 3.06 bits per heavy atom. The Balaban J connectivity index is 2.17. The molecule has 0 fully saturated rings. The van der Waals surface area contributed by atoms with Crippen molar-refractivity contribution in [2.24, 2.45) is 0 Å². The lowest BCUT2D eigenvalue weighted by molar-refractivity contribution is 0.202. The van der Waals surface area contributed by atoms with Crippen LogP contribution in [0.1, 0.15) is 5.01 Å². The van der Waals surface area contributed by atoms with Crippen LogP contribution in [-0.2, 0) is 11.2 Å². The fraction of sp³-hybridized carbons (Fsp3) is 0.231. The Hall–Kier alpha value is -1.04. The first-order chi connectivity index (χ1) is 8.78. The zero-order valence-electron chi connectivity index (χ0n) is 9.81. The Morgan fingerprint density at radius 1 is 1.33 bits per heavy atom. The topological polar surface area (TPSA) is 35.0 Å². The van der Waals surface area contributed by atoms with Gasteiger partial charge in [0, 0.05) is 23.4 Å². The summed E-state index contributed by atoms with van der Waals surface area (Å²) in [6.07, 6.45) is 2.70. The molecule has 3 aromatic rings. The van der Waals surface area contributed by atoms with Gasteiger partial charge in [-0.2, -0.15) is 0 Å². The van der Waals surface area contributed by atoms with Gasteiger partial charge in [0.05, 0.1) is 28.0 Å². The molecule has 0 amide bonds. The summed E-state index contributed by atoms with van der Waals surface area (Å²) < 4.78 is 7.34. The van der Waals surface area contributed by atoms with Crippen molar-refractivity contribution in [3.05, 3.63) is 33.9 Å². The predicted octanol–water partition coefficient (Wildman–Crippen LogP) is 3.80. The Bertz CT molecular complexity index is 711. The number of fused-ring (bicyclic) bond motifs is 3. The number of rotatable bonds is 3. The van der Waals surface area contributed by atoms with Crippen molar-refractivity contribution < 1.29 is 4.74 Å². The average molecular weight is 323 g/mol. The standard InChI is InChI=1S/C13H11BrN2OS/c1-17-5-4-12-16-11-7-15-10-6-8(14)2-3-9(10)13(11)18-12/h2-3,6-7H,4-5H2,1H3. The van der Waals surface area contributed by atoms with Crippen LogP contribution >= 0.6 is 27.3 Å². The number of pyridine rings is 1. The van der Waals surface area contributed by atoms with E-state index in [9.17, 15) is 0 Å². The summed E-state index contributed by atoms with van der Waals surface area (Å²) in [6, 6.07) is 6.16. The van der Waals surface area contributed by atoms with E-state index in [1.807, 2.05) is 18.3 Å². The summed E-state index contributed by atoms with van der Waals surface area (Å²) in [7, 11) is 1.71. The maximum absolute atomic E-state index is 5.09. The van der Waals surface area contributed by atoms with Gasteiger partial charge in [0.1, 0.15) is 5.52 Å². The van der Waals surface area contributed by atoms with Gasteiger partial charge >= 0.3 is 0 Å². The molecule has 18 heavy (non-hydrogen) atoms. The molecule has 2 aromatic heterocycles. The number of thiazole rings is 1. The van der Waals surface area contributed by atoms with Crippen molar-refractivity contribution in [1.82, 2.24) is 9.97 Å². The van der Waals surface area contributed by atoms with Crippen molar-refractivity contribution in [3.63, 3.8) is 0 Å². The molecule has 0 N–H and O–H groups in total. The second-order valence-electron chi connectivity index (χ2n) is 3.98. The quantitative estimate of drug-likeness (QED) is 0.735. The van der Waals surface area contributed by atoms with Gasteiger partial charge in [0.15, 0.2) is 0 Å². The van der Waals surface area contributed by atoms with Gasteiger partial charge in [-0.15, -0.1) is 11.3 Å². The smallest absolute Gasteiger partial charge is 0.100 e. The molecule has 0 saturated heterocycles.